The maximum Gasteiger partial charge on any atom is 0.247 e. The Bertz CT molecular complexity index is 696. The van der Waals surface area contributed by atoms with E-state index in [1.807, 2.05) is 88.4 Å². The van der Waals surface area contributed by atoms with Gasteiger partial charge in [-0.2, -0.15) is 0 Å². The number of Topliss-reactive ketones (excluding diaryl/α,β-unsaturated/α-hetero) is 1. The van der Waals surface area contributed by atoms with Crippen LogP contribution in [0.25, 0.3) is 0 Å². The monoisotopic (exact) mass is 367 g/mol. The van der Waals surface area contributed by atoms with Gasteiger partial charge in [-0.3, -0.25) is 14.4 Å². The quantitative estimate of drug-likeness (QED) is 0.620. The molecule has 0 N–H and O–H groups in total. The predicted molar refractivity (Wildman–Crippen MR) is 107 cm³/mol. The lowest BCUT2D eigenvalue weighted by Gasteiger charge is -2.32. The molecule has 0 fully saturated rings. The highest BCUT2D eigenvalue weighted by molar-refractivity contribution is 5.85. The Balaban J connectivity index is 2.40. The largest absolute Gasteiger partial charge is 0.296 e. The van der Waals surface area contributed by atoms with E-state index in [4.69, 9.17) is 4.84 Å². The molecule has 0 spiro atoms. The fourth-order valence-electron chi connectivity index (χ4n) is 2.69. The summed E-state index contributed by atoms with van der Waals surface area (Å²) < 4.78 is 0. The fourth-order valence-corrected chi connectivity index (χ4v) is 2.69. The summed E-state index contributed by atoms with van der Waals surface area (Å²) in [7, 11) is 0. The summed E-state index contributed by atoms with van der Waals surface area (Å²) in [6.45, 7) is 7.37. The second-order valence-corrected chi connectivity index (χ2v) is 7.64. The summed E-state index contributed by atoms with van der Waals surface area (Å²) in [6.07, 6.45) is 1.07. The van der Waals surface area contributed by atoms with Crippen LogP contribution in [0.3, 0.4) is 0 Å². The molecule has 0 saturated heterocycles. The highest BCUT2D eigenvalue weighted by Crippen LogP contribution is 2.30. The van der Waals surface area contributed by atoms with Gasteiger partial charge in [0.05, 0.1) is 0 Å². The molecule has 27 heavy (non-hydrogen) atoms. The van der Waals surface area contributed by atoms with Gasteiger partial charge in [0.1, 0.15) is 12.6 Å². The molecule has 0 aromatic heterocycles. The standard InChI is InChI=1S/C23H29NO3/c1-5-12-21(26)24(27-17-20(25)23(2,3)4)22(18-13-8-6-9-14-18)19-15-10-7-11-16-19/h6-11,13-16,22H,5,12,17H2,1-4H3. The van der Waals surface area contributed by atoms with E-state index in [-0.39, 0.29) is 18.3 Å². The first-order valence-electron chi connectivity index (χ1n) is 9.42. The van der Waals surface area contributed by atoms with E-state index in [2.05, 4.69) is 0 Å². The molecule has 4 nitrogen and oxygen atoms in total. The summed E-state index contributed by atoms with van der Waals surface area (Å²) in [5.74, 6) is -0.173. The van der Waals surface area contributed by atoms with E-state index >= 15 is 0 Å². The molecule has 144 valence electrons. The maximum absolute atomic E-state index is 12.9. The van der Waals surface area contributed by atoms with E-state index in [0.29, 0.717) is 12.8 Å². The molecule has 0 aliphatic carbocycles. The lowest BCUT2D eigenvalue weighted by Crippen LogP contribution is -2.38. The van der Waals surface area contributed by atoms with Crippen LogP contribution in [0, 0.1) is 5.41 Å². The number of nitrogens with zero attached hydrogens (tertiary/aromatic N) is 1. The van der Waals surface area contributed by atoms with Crippen molar-refractivity contribution in [2.45, 2.75) is 46.6 Å². The Morgan fingerprint density at radius 3 is 1.81 bits per heavy atom. The summed E-state index contributed by atoms with van der Waals surface area (Å²) in [5, 5.41) is 1.39. The minimum Gasteiger partial charge on any atom is -0.296 e. The Kier molecular flexibility index (Phi) is 7.31. The summed E-state index contributed by atoms with van der Waals surface area (Å²) in [5.41, 5.74) is 1.36. The highest BCUT2D eigenvalue weighted by Gasteiger charge is 2.30. The van der Waals surface area contributed by atoms with Crippen molar-refractivity contribution >= 4 is 11.7 Å². The molecule has 0 bridgehead atoms. The molecule has 0 unspecified atom stereocenters. The summed E-state index contributed by atoms with van der Waals surface area (Å²) in [6, 6.07) is 19.1. The van der Waals surface area contributed by atoms with Gasteiger partial charge in [-0.15, -0.1) is 0 Å². The molecule has 0 radical (unpaired) electrons. The Hall–Kier alpha value is -2.46. The first kappa shape index (κ1) is 20.8. The van der Waals surface area contributed by atoms with Gasteiger partial charge in [-0.1, -0.05) is 88.4 Å². The van der Waals surface area contributed by atoms with Crippen molar-refractivity contribution in [1.82, 2.24) is 5.06 Å². The molecule has 2 aromatic rings. The number of hydrogen-bond acceptors (Lipinski definition) is 3. The predicted octanol–water partition coefficient (Wildman–Crippen LogP) is 4.95. The lowest BCUT2D eigenvalue weighted by molar-refractivity contribution is -0.199. The smallest absolute Gasteiger partial charge is 0.247 e. The van der Waals surface area contributed by atoms with Crippen molar-refractivity contribution in [1.29, 1.82) is 0 Å². The van der Waals surface area contributed by atoms with Gasteiger partial charge in [0.15, 0.2) is 5.78 Å². The van der Waals surface area contributed by atoms with Crippen LogP contribution in [0.4, 0.5) is 0 Å². The van der Waals surface area contributed by atoms with Crippen molar-refractivity contribution < 1.29 is 14.4 Å². The van der Waals surface area contributed by atoms with E-state index in [1.54, 1.807) is 0 Å². The summed E-state index contributed by atoms with van der Waals surface area (Å²) >= 11 is 0. The number of amides is 1. The minimum absolute atomic E-state index is 0.0447. The first-order valence-corrected chi connectivity index (χ1v) is 9.42. The third-order valence-electron chi connectivity index (χ3n) is 4.35. The van der Waals surface area contributed by atoms with Crippen LogP contribution in [0.1, 0.15) is 57.7 Å². The van der Waals surface area contributed by atoms with E-state index in [0.717, 1.165) is 11.1 Å². The second-order valence-electron chi connectivity index (χ2n) is 7.64. The second kappa shape index (κ2) is 9.47. The Labute approximate surface area is 162 Å². The topological polar surface area (TPSA) is 46.6 Å². The number of benzene rings is 2. The van der Waals surface area contributed by atoms with Crippen molar-refractivity contribution in [2.24, 2.45) is 5.41 Å². The molecule has 0 aliphatic rings. The van der Waals surface area contributed by atoms with E-state index in [9.17, 15) is 9.59 Å². The Morgan fingerprint density at radius 2 is 1.41 bits per heavy atom. The van der Waals surface area contributed by atoms with Crippen LogP contribution in [0.15, 0.2) is 60.7 Å². The minimum atomic E-state index is -0.519. The molecule has 2 rings (SSSR count). The number of carbonyl (C=O) groups excluding carboxylic acids is 2. The summed E-state index contributed by atoms with van der Waals surface area (Å²) in [4.78, 5) is 31.1. The number of rotatable bonds is 8. The molecule has 0 atom stereocenters. The van der Waals surface area contributed by atoms with E-state index < -0.39 is 11.5 Å². The third-order valence-corrected chi connectivity index (χ3v) is 4.35. The van der Waals surface area contributed by atoms with Gasteiger partial charge in [-0.25, -0.2) is 5.06 Å². The van der Waals surface area contributed by atoms with Gasteiger partial charge in [0.2, 0.25) is 5.91 Å². The van der Waals surface area contributed by atoms with Gasteiger partial charge in [0.25, 0.3) is 0 Å². The zero-order valence-corrected chi connectivity index (χ0v) is 16.6. The van der Waals surface area contributed by atoms with Crippen molar-refractivity contribution in [2.75, 3.05) is 6.61 Å². The molecule has 4 heteroatoms. The molecular formula is C23H29NO3. The first-order chi connectivity index (χ1) is 12.8. The highest BCUT2D eigenvalue weighted by atomic mass is 16.7. The Morgan fingerprint density at radius 1 is 0.926 bits per heavy atom. The van der Waals surface area contributed by atoms with Crippen LogP contribution in [-0.4, -0.2) is 23.4 Å². The molecule has 0 aliphatic heterocycles. The normalized spacial score (nSPS) is 11.4. The van der Waals surface area contributed by atoms with Crippen molar-refractivity contribution in [3.63, 3.8) is 0 Å². The van der Waals surface area contributed by atoms with Gasteiger partial charge >= 0.3 is 0 Å². The van der Waals surface area contributed by atoms with Crippen LogP contribution in [0.2, 0.25) is 0 Å². The van der Waals surface area contributed by atoms with Crippen LogP contribution in [-0.2, 0) is 14.4 Å². The number of ketones is 1. The van der Waals surface area contributed by atoms with Crippen LogP contribution < -0.4 is 0 Å². The van der Waals surface area contributed by atoms with Crippen LogP contribution >= 0.6 is 0 Å². The van der Waals surface area contributed by atoms with Crippen molar-refractivity contribution in [3.05, 3.63) is 71.8 Å². The molecular weight excluding hydrogens is 338 g/mol. The number of hydroxylamine groups is 2. The average molecular weight is 367 g/mol. The zero-order chi connectivity index (χ0) is 19.9. The van der Waals surface area contributed by atoms with E-state index in [1.165, 1.54) is 5.06 Å². The third kappa shape index (κ3) is 5.76. The number of carbonyl (C=O) groups is 2. The molecule has 1 amide bonds. The van der Waals surface area contributed by atoms with Crippen LogP contribution in [0.5, 0.6) is 0 Å². The maximum atomic E-state index is 12.9. The zero-order valence-electron chi connectivity index (χ0n) is 16.6. The molecule has 2 aromatic carbocycles. The average Bonchev–Trinajstić information content (AvgIpc) is 2.65. The number of hydrogen-bond donors (Lipinski definition) is 0. The molecule has 0 saturated carbocycles. The van der Waals surface area contributed by atoms with Gasteiger partial charge in [-0.05, 0) is 17.5 Å². The SMILES string of the molecule is CCCC(=O)N(OCC(=O)C(C)(C)C)C(c1ccccc1)c1ccccc1. The van der Waals surface area contributed by atoms with Crippen molar-refractivity contribution in [3.8, 4) is 0 Å². The molecule has 0 heterocycles. The van der Waals surface area contributed by atoms with Gasteiger partial charge < -0.3 is 0 Å². The lowest BCUT2D eigenvalue weighted by atomic mass is 9.91. The fraction of sp³-hybridized carbons (Fsp3) is 0.391. The van der Waals surface area contributed by atoms with Gasteiger partial charge in [0, 0.05) is 11.8 Å².